The number of hydrogen-bond donors (Lipinski definition) is 1. The van der Waals surface area contributed by atoms with Crippen LogP contribution in [0.15, 0.2) is 64.6 Å². The number of benzene rings is 2. The first-order valence-corrected chi connectivity index (χ1v) is 12.0. The van der Waals surface area contributed by atoms with Crippen molar-refractivity contribution in [3.63, 3.8) is 0 Å². The summed E-state index contributed by atoms with van der Waals surface area (Å²) in [5.74, 6) is 2.31. The highest BCUT2D eigenvalue weighted by molar-refractivity contribution is 7.99. The number of nitrogens with zero attached hydrogens (tertiary/aromatic N) is 3. The standard InChI is InChI=1S/C22H24N4OS2/c1-28-19-10-6-5-9-18(19)23-20(27)13-14-29-22-25-24-21(17-11-12-17)26(22)15-16-7-3-2-4-8-16/h2-10,17H,11-15H2,1H3,(H,23,27). The zero-order chi connectivity index (χ0) is 20.1. The third kappa shape index (κ3) is 5.22. The molecule has 1 heterocycles. The predicted molar refractivity (Wildman–Crippen MR) is 120 cm³/mol. The molecule has 0 bridgehead atoms. The average molecular weight is 425 g/mol. The normalized spacial score (nSPS) is 13.4. The summed E-state index contributed by atoms with van der Waals surface area (Å²) in [6.07, 6.45) is 4.83. The maximum absolute atomic E-state index is 12.4. The summed E-state index contributed by atoms with van der Waals surface area (Å²) in [7, 11) is 0. The third-order valence-corrected chi connectivity index (χ3v) is 6.58. The Morgan fingerprint density at radius 3 is 2.62 bits per heavy atom. The fourth-order valence-electron chi connectivity index (χ4n) is 3.16. The molecule has 1 fully saturated rings. The largest absolute Gasteiger partial charge is 0.325 e. The van der Waals surface area contributed by atoms with Crippen LogP contribution in [0.25, 0.3) is 0 Å². The van der Waals surface area contributed by atoms with Crippen LogP contribution in [0.3, 0.4) is 0 Å². The van der Waals surface area contributed by atoms with Gasteiger partial charge in [-0.1, -0.05) is 54.2 Å². The van der Waals surface area contributed by atoms with Gasteiger partial charge in [0.2, 0.25) is 5.91 Å². The number of para-hydroxylation sites is 1. The van der Waals surface area contributed by atoms with Crippen LogP contribution in [-0.2, 0) is 11.3 Å². The highest BCUT2D eigenvalue weighted by atomic mass is 32.2. The molecule has 0 unspecified atom stereocenters. The molecule has 0 atom stereocenters. The lowest BCUT2D eigenvalue weighted by Crippen LogP contribution is -2.13. The molecule has 1 aromatic heterocycles. The highest BCUT2D eigenvalue weighted by Crippen LogP contribution is 2.40. The fourth-order valence-corrected chi connectivity index (χ4v) is 4.60. The molecule has 0 radical (unpaired) electrons. The molecule has 1 saturated carbocycles. The Labute approximate surface area is 179 Å². The van der Waals surface area contributed by atoms with Gasteiger partial charge in [0.15, 0.2) is 5.16 Å². The maximum atomic E-state index is 12.4. The number of anilines is 1. The summed E-state index contributed by atoms with van der Waals surface area (Å²) in [6, 6.07) is 18.3. The van der Waals surface area contributed by atoms with Crippen molar-refractivity contribution in [1.29, 1.82) is 0 Å². The van der Waals surface area contributed by atoms with Crippen molar-refractivity contribution >= 4 is 35.1 Å². The lowest BCUT2D eigenvalue weighted by atomic mass is 10.2. The topological polar surface area (TPSA) is 59.8 Å². The Balaban J connectivity index is 1.37. The minimum Gasteiger partial charge on any atom is -0.325 e. The van der Waals surface area contributed by atoms with Gasteiger partial charge in [0, 0.05) is 23.0 Å². The van der Waals surface area contributed by atoms with Gasteiger partial charge in [0.05, 0.1) is 12.2 Å². The molecule has 4 rings (SSSR count). The summed E-state index contributed by atoms with van der Waals surface area (Å²) in [6.45, 7) is 0.773. The van der Waals surface area contributed by atoms with Crippen LogP contribution < -0.4 is 5.32 Å². The summed E-state index contributed by atoms with van der Waals surface area (Å²) in [5, 5.41) is 12.8. The van der Waals surface area contributed by atoms with Gasteiger partial charge in [-0.15, -0.1) is 22.0 Å². The number of nitrogens with one attached hydrogen (secondary N) is 1. The molecule has 3 aromatic rings. The van der Waals surface area contributed by atoms with E-state index in [0.29, 0.717) is 18.1 Å². The number of rotatable bonds is 9. The second-order valence-corrected chi connectivity index (χ2v) is 8.94. The van der Waals surface area contributed by atoms with Crippen LogP contribution in [0.5, 0.6) is 0 Å². The van der Waals surface area contributed by atoms with Gasteiger partial charge in [0.1, 0.15) is 5.82 Å². The molecular formula is C22H24N4OS2. The van der Waals surface area contributed by atoms with Gasteiger partial charge in [0.25, 0.3) is 0 Å². The zero-order valence-corrected chi connectivity index (χ0v) is 18.0. The van der Waals surface area contributed by atoms with Crippen molar-refractivity contribution in [1.82, 2.24) is 14.8 Å². The van der Waals surface area contributed by atoms with Crippen molar-refractivity contribution in [3.05, 3.63) is 66.0 Å². The van der Waals surface area contributed by atoms with E-state index < -0.39 is 0 Å². The number of carbonyl (C=O) groups excluding carboxylic acids is 1. The average Bonchev–Trinajstić information content (AvgIpc) is 3.52. The van der Waals surface area contributed by atoms with Crippen LogP contribution >= 0.6 is 23.5 Å². The third-order valence-electron chi connectivity index (χ3n) is 4.81. The number of thioether (sulfide) groups is 2. The Morgan fingerprint density at radius 2 is 1.86 bits per heavy atom. The van der Waals surface area contributed by atoms with E-state index in [1.165, 1.54) is 18.4 Å². The molecule has 2 aromatic carbocycles. The smallest absolute Gasteiger partial charge is 0.225 e. The number of carbonyl (C=O) groups is 1. The van der Waals surface area contributed by atoms with Crippen molar-refractivity contribution in [2.24, 2.45) is 0 Å². The van der Waals surface area contributed by atoms with Crippen molar-refractivity contribution in [2.75, 3.05) is 17.3 Å². The van der Waals surface area contributed by atoms with Crippen LogP contribution in [0.2, 0.25) is 0 Å². The molecule has 1 aliphatic rings. The van der Waals surface area contributed by atoms with E-state index in [2.05, 4.69) is 44.3 Å². The summed E-state index contributed by atoms with van der Waals surface area (Å²) in [4.78, 5) is 13.5. The van der Waals surface area contributed by atoms with Crippen molar-refractivity contribution in [2.45, 2.75) is 41.8 Å². The van der Waals surface area contributed by atoms with E-state index in [4.69, 9.17) is 0 Å². The van der Waals surface area contributed by atoms with Crippen LogP contribution in [-0.4, -0.2) is 32.7 Å². The van der Waals surface area contributed by atoms with E-state index in [0.717, 1.165) is 28.1 Å². The number of amides is 1. The van der Waals surface area contributed by atoms with E-state index >= 15 is 0 Å². The molecule has 1 aliphatic carbocycles. The van der Waals surface area contributed by atoms with Gasteiger partial charge >= 0.3 is 0 Å². The van der Waals surface area contributed by atoms with Gasteiger partial charge in [-0.3, -0.25) is 4.79 Å². The monoisotopic (exact) mass is 424 g/mol. The first-order valence-electron chi connectivity index (χ1n) is 9.77. The first-order chi connectivity index (χ1) is 14.2. The molecule has 0 aliphatic heterocycles. The van der Waals surface area contributed by atoms with E-state index in [-0.39, 0.29) is 5.91 Å². The maximum Gasteiger partial charge on any atom is 0.225 e. The molecule has 0 spiro atoms. The van der Waals surface area contributed by atoms with E-state index in [1.54, 1.807) is 23.5 Å². The van der Waals surface area contributed by atoms with Crippen LogP contribution in [0, 0.1) is 0 Å². The van der Waals surface area contributed by atoms with Gasteiger partial charge in [-0.2, -0.15) is 0 Å². The number of hydrogen-bond acceptors (Lipinski definition) is 5. The Hall–Kier alpha value is -2.25. The SMILES string of the molecule is CSc1ccccc1NC(=O)CCSc1nnc(C2CC2)n1Cc1ccccc1. The summed E-state index contributed by atoms with van der Waals surface area (Å²) < 4.78 is 2.22. The molecule has 29 heavy (non-hydrogen) atoms. The molecule has 5 nitrogen and oxygen atoms in total. The van der Waals surface area contributed by atoms with Crippen LogP contribution in [0.4, 0.5) is 5.69 Å². The van der Waals surface area contributed by atoms with Gasteiger partial charge in [-0.25, -0.2) is 0 Å². The van der Waals surface area contributed by atoms with Crippen molar-refractivity contribution in [3.8, 4) is 0 Å². The molecule has 1 N–H and O–H groups in total. The molecular weight excluding hydrogens is 400 g/mol. The zero-order valence-electron chi connectivity index (χ0n) is 16.4. The Bertz CT molecular complexity index is 970. The summed E-state index contributed by atoms with van der Waals surface area (Å²) >= 11 is 3.24. The molecule has 7 heteroatoms. The summed E-state index contributed by atoms with van der Waals surface area (Å²) in [5.41, 5.74) is 2.11. The molecule has 150 valence electrons. The van der Waals surface area contributed by atoms with Crippen LogP contribution in [0.1, 0.15) is 36.6 Å². The van der Waals surface area contributed by atoms with E-state index in [1.807, 2.05) is 36.6 Å². The fraction of sp³-hybridized carbons (Fsp3) is 0.318. The predicted octanol–water partition coefficient (Wildman–Crippen LogP) is 5.05. The lowest BCUT2D eigenvalue weighted by Gasteiger charge is -2.11. The minimum atomic E-state index is 0.0236. The highest BCUT2D eigenvalue weighted by Gasteiger charge is 2.30. The van der Waals surface area contributed by atoms with Gasteiger partial charge in [-0.05, 0) is 36.8 Å². The molecule has 1 amide bonds. The van der Waals surface area contributed by atoms with Gasteiger partial charge < -0.3 is 9.88 Å². The number of aromatic nitrogens is 3. The van der Waals surface area contributed by atoms with E-state index in [9.17, 15) is 4.79 Å². The minimum absolute atomic E-state index is 0.0236. The second kappa shape index (κ2) is 9.50. The Kier molecular flexibility index (Phi) is 6.56. The lowest BCUT2D eigenvalue weighted by molar-refractivity contribution is -0.115. The molecule has 0 saturated heterocycles. The Morgan fingerprint density at radius 1 is 1.10 bits per heavy atom. The quantitative estimate of drug-likeness (QED) is 0.487. The first kappa shape index (κ1) is 20.0. The second-order valence-electron chi connectivity index (χ2n) is 7.03. The van der Waals surface area contributed by atoms with Crippen molar-refractivity contribution < 1.29 is 4.79 Å².